The smallest absolute Gasteiger partial charge is 0.250 e. The van der Waals surface area contributed by atoms with Crippen LogP contribution in [-0.4, -0.2) is 33.9 Å². The van der Waals surface area contributed by atoms with Gasteiger partial charge in [0, 0.05) is 44.8 Å². The predicted octanol–water partition coefficient (Wildman–Crippen LogP) is 3.61. The van der Waals surface area contributed by atoms with Gasteiger partial charge in [0.2, 0.25) is 0 Å². The molecule has 8 heteroatoms. The van der Waals surface area contributed by atoms with E-state index in [2.05, 4.69) is 69.3 Å². The summed E-state index contributed by atoms with van der Waals surface area (Å²) in [5.74, 6) is 0.767. The second-order valence-corrected chi connectivity index (χ2v) is 7.70. The Morgan fingerprint density at radius 1 is 0.882 bits per heavy atom. The monoisotopic (exact) mass is 568 g/mol. The molecule has 0 fully saturated rings. The summed E-state index contributed by atoms with van der Waals surface area (Å²) in [6.07, 6.45) is 6.41. The number of hydrogen-bond donors (Lipinski definition) is 2. The van der Waals surface area contributed by atoms with Gasteiger partial charge < -0.3 is 15.2 Å². The standard InChI is InChI=1S/C26H28N6O.HI/c1-27-26(28-16-14-21-10-12-24(13-11-21)32-18-4-15-30-32)29-19-22-6-8-23(9-7-22)20-31-17-3-2-5-25(31)33;/h2-13,15,17-18H,14,16,19-20H2,1H3,(H2,27,28,29);1H. The number of aliphatic imine (C=N–C) groups is 1. The Labute approximate surface area is 216 Å². The minimum Gasteiger partial charge on any atom is -0.356 e. The fourth-order valence-corrected chi connectivity index (χ4v) is 3.52. The first-order valence-electron chi connectivity index (χ1n) is 11.0. The van der Waals surface area contributed by atoms with E-state index >= 15 is 0 Å². The van der Waals surface area contributed by atoms with Crippen LogP contribution in [0.2, 0.25) is 0 Å². The van der Waals surface area contributed by atoms with Crippen LogP contribution in [0.25, 0.3) is 5.69 Å². The lowest BCUT2D eigenvalue weighted by Gasteiger charge is -2.13. The van der Waals surface area contributed by atoms with Gasteiger partial charge in [-0.25, -0.2) is 4.68 Å². The quantitative estimate of drug-likeness (QED) is 0.194. The predicted molar refractivity (Wildman–Crippen MR) is 147 cm³/mol. The van der Waals surface area contributed by atoms with Crippen LogP contribution < -0.4 is 16.2 Å². The van der Waals surface area contributed by atoms with Crippen molar-refractivity contribution in [3.8, 4) is 5.69 Å². The molecule has 0 aliphatic carbocycles. The van der Waals surface area contributed by atoms with Crippen molar-refractivity contribution in [3.63, 3.8) is 0 Å². The molecule has 0 unspecified atom stereocenters. The van der Waals surface area contributed by atoms with Crippen molar-refractivity contribution in [3.05, 3.63) is 118 Å². The molecule has 4 rings (SSSR count). The summed E-state index contributed by atoms with van der Waals surface area (Å²) in [6.45, 7) is 2.02. The maximum atomic E-state index is 11.9. The zero-order valence-corrected chi connectivity index (χ0v) is 21.4. The summed E-state index contributed by atoms with van der Waals surface area (Å²) < 4.78 is 3.55. The van der Waals surface area contributed by atoms with Crippen LogP contribution in [0, 0.1) is 0 Å². The SMILES string of the molecule is CN=C(NCCc1ccc(-n2cccn2)cc1)NCc1ccc(Cn2ccccc2=O)cc1.I. The van der Waals surface area contributed by atoms with Crippen molar-refractivity contribution >= 4 is 29.9 Å². The molecule has 0 saturated carbocycles. The van der Waals surface area contributed by atoms with Gasteiger partial charge in [0.25, 0.3) is 5.56 Å². The Bertz CT molecular complexity index is 1230. The Morgan fingerprint density at radius 3 is 2.29 bits per heavy atom. The van der Waals surface area contributed by atoms with Gasteiger partial charge in [0.15, 0.2) is 5.96 Å². The number of nitrogens with one attached hydrogen (secondary N) is 2. The molecule has 0 amide bonds. The van der Waals surface area contributed by atoms with Gasteiger partial charge in [-0.1, -0.05) is 42.5 Å². The molecule has 2 heterocycles. The van der Waals surface area contributed by atoms with Crippen molar-refractivity contribution in [1.29, 1.82) is 0 Å². The van der Waals surface area contributed by atoms with Gasteiger partial charge in [-0.05, 0) is 47.4 Å². The van der Waals surface area contributed by atoms with Gasteiger partial charge in [0.1, 0.15) is 0 Å². The third kappa shape index (κ3) is 7.05. The first-order chi connectivity index (χ1) is 16.2. The Balaban J connectivity index is 0.00000324. The molecule has 0 aliphatic rings. The maximum absolute atomic E-state index is 11.9. The summed E-state index contributed by atoms with van der Waals surface area (Å²) in [5.41, 5.74) is 4.55. The number of guanidine groups is 1. The fourth-order valence-electron chi connectivity index (χ4n) is 3.52. The van der Waals surface area contributed by atoms with Crippen LogP contribution in [0.1, 0.15) is 16.7 Å². The van der Waals surface area contributed by atoms with E-state index < -0.39 is 0 Å². The summed E-state index contributed by atoms with van der Waals surface area (Å²) in [6, 6.07) is 23.8. The molecule has 0 aliphatic heterocycles. The van der Waals surface area contributed by atoms with Crippen molar-refractivity contribution in [2.45, 2.75) is 19.5 Å². The van der Waals surface area contributed by atoms with Gasteiger partial charge in [-0.2, -0.15) is 5.10 Å². The highest BCUT2D eigenvalue weighted by molar-refractivity contribution is 14.0. The highest BCUT2D eigenvalue weighted by Crippen LogP contribution is 2.09. The summed E-state index contributed by atoms with van der Waals surface area (Å²) >= 11 is 0. The van der Waals surface area contributed by atoms with E-state index in [4.69, 9.17) is 0 Å². The number of benzene rings is 2. The van der Waals surface area contributed by atoms with Crippen LogP contribution in [0.3, 0.4) is 0 Å². The number of rotatable bonds is 8. The molecule has 2 N–H and O–H groups in total. The topological polar surface area (TPSA) is 76.2 Å². The lowest BCUT2D eigenvalue weighted by molar-refractivity contribution is 0.758. The third-order valence-electron chi connectivity index (χ3n) is 5.37. The Morgan fingerprint density at radius 2 is 1.62 bits per heavy atom. The number of halogens is 1. The Kier molecular flexibility index (Phi) is 9.45. The second kappa shape index (κ2) is 12.7. The van der Waals surface area contributed by atoms with E-state index in [-0.39, 0.29) is 29.5 Å². The van der Waals surface area contributed by atoms with Crippen molar-refractivity contribution < 1.29 is 0 Å². The van der Waals surface area contributed by atoms with E-state index in [1.807, 2.05) is 23.0 Å². The van der Waals surface area contributed by atoms with Crippen LogP contribution in [-0.2, 0) is 19.5 Å². The zero-order chi connectivity index (χ0) is 22.9. The summed E-state index contributed by atoms with van der Waals surface area (Å²) in [7, 11) is 1.77. The van der Waals surface area contributed by atoms with Gasteiger partial charge in [-0.3, -0.25) is 9.79 Å². The number of aromatic nitrogens is 3. The highest BCUT2D eigenvalue weighted by Gasteiger charge is 2.02. The van der Waals surface area contributed by atoms with Crippen LogP contribution in [0.5, 0.6) is 0 Å². The molecule has 0 bridgehead atoms. The first kappa shape index (κ1) is 25.2. The number of pyridine rings is 1. The van der Waals surface area contributed by atoms with Gasteiger partial charge >= 0.3 is 0 Å². The summed E-state index contributed by atoms with van der Waals surface area (Å²) in [5, 5.41) is 11.0. The van der Waals surface area contributed by atoms with Crippen LogP contribution >= 0.6 is 24.0 Å². The lowest BCUT2D eigenvalue weighted by Crippen LogP contribution is -2.37. The minimum atomic E-state index is 0. The molecule has 2 aromatic carbocycles. The molecular weight excluding hydrogens is 539 g/mol. The number of nitrogens with zero attached hydrogens (tertiary/aromatic N) is 4. The van der Waals surface area contributed by atoms with Gasteiger partial charge in [-0.15, -0.1) is 24.0 Å². The largest absolute Gasteiger partial charge is 0.356 e. The molecule has 34 heavy (non-hydrogen) atoms. The van der Waals surface area contributed by atoms with Crippen LogP contribution in [0.15, 0.2) is 101 Å². The molecule has 7 nitrogen and oxygen atoms in total. The average molecular weight is 568 g/mol. The molecule has 0 saturated heterocycles. The second-order valence-electron chi connectivity index (χ2n) is 7.70. The third-order valence-corrected chi connectivity index (χ3v) is 5.37. The van der Waals surface area contributed by atoms with Crippen LogP contribution in [0.4, 0.5) is 0 Å². The molecule has 2 aromatic heterocycles. The van der Waals surface area contributed by atoms with E-state index in [1.54, 1.807) is 36.1 Å². The number of hydrogen-bond acceptors (Lipinski definition) is 3. The minimum absolute atomic E-state index is 0. The lowest BCUT2D eigenvalue weighted by atomic mass is 10.1. The molecule has 0 atom stereocenters. The molecule has 4 aromatic rings. The molecule has 0 spiro atoms. The molecule has 0 radical (unpaired) electrons. The van der Waals surface area contributed by atoms with E-state index in [0.717, 1.165) is 35.7 Å². The maximum Gasteiger partial charge on any atom is 0.250 e. The zero-order valence-electron chi connectivity index (χ0n) is 19.1. The van der Waals surface area contributed by atoms with E-state index in [1.165, 1.54) is 5.56 Å². The van der Waals surface area contributed by atoms with Gasteiger partial charge in [0.05, 0.1) is 12.2 Å². The summed E-state index contributed by atoms with van der Waals surface area (Å²) in [4.78, 5) is 16.2. The van der Waals surface area contributed by atoms with Crippen molar-refractivity contribution in [1.82, 2.24) is 25.0 Å². The average Bonchev–Trinajstić information content (AvgIpc) is 3.39. The molecular formula is C26H29IN6O. The Hall–Kier alpha value is -3.40. The normalized spacial score (nSPS) is 11.0. The van der Waals surface area contributed by atoms with E-state index in [0.29, 0.717) is 13.1 Å². The van der Waals surface area contributed by atoms with E-state index in [9.17, 15) is 4.79 Å². The van der Waals surface area contributed by atoms with Crippen molar-refractivity contribution in [2.24, 2.45) is 4.99 Å². The van der Waals surface area contributed by atoms with Crippen molar-refractivity contribution in [2.75, 3.05) is 13.6 Å². The fraction of sp³-hybridized carbons (Fsp3) is 0.192. The molecule has 176 valence electrons. The highest BCUT2D eigenvalue weighted by atomic mass is 127. The first-order valence-corrected chi connectivity index (χ1v) is 11.0.